The molecule has 0 atom stereocenters. The fourth-order valence-corrected chi connectivity index (χ4v) is 0.105. The first-order chi connectivity index (χ1) is 3.18. The van der Waals surface area contributed by atoms with Crippen molar-refractivity contribution in [3.63, 3.8) is 0 Å². The molecular formula is C3H4BrNO2. The number of allylic oxidation sites excluding steroid dienone is 1. The standard InChI is InChI=1S/C3H4BrNO2/c1-2-3(4)5(6)7/h2H,1H3/b3-2+. The molecule has 7 heavy (non-hydrogen) atoms. The van der Waals surface area contributed by atoms with Crippen molar-refractivity contribution in [3.8, 4) is 0 Å². The van der Waals surface area contributed by atoms with Crippen LogP contribution in [0, 0.1) is 10.1 Å². The minimum absolute atomic E-state index is 0.00694. The maximum Gasteiger partial charge on any atom is 0.306 e. The van der Waals surface area contributed by atoms with E-state index in [9.17, 15) is 10.1 Å². The van der Waals surface area contributed by atoms with Crippen molar-refractivity contribution in [2.45, 2.75) is 6.92 Å². The predicted octanol–water partition coefficient (Wildman–Crippen LogP) is 1.52. The molecule has 0 saturated heterocycles. The van der Waals surface area contributed by atoms with Crippen LogP contribution in [0.5, 0.6) is 0 Å². The Hall–Kier alpha value is -0.380. The van der Waals surface area contributed by atoms with Crippen LogP contribution in [-0.2, 0) is 0 Å². The van der Waals surface area contributed by atoms with Crippen LogP contribution in [-0.4, -0.2) is 4.92 Å². The lowest BCUT2D eigenvalue weighted by atomic mass is 10.7. The highest BCUT2D eigenvalue weighted by Gasteiger charge is 1.98. The van der Waals surface area contributed by atoms with Gasteiger partial charge in [-0.05, 0) is 13.0 Å². The van der Waals surface area contributed by atoms with Crippen molar-refractivity contribution in [1.29, 1.82) is 0 Å². The molecule has 0 aromatic heterocycles. The SMILES string of the molecule is C/C=C(\Br)[N+](=O)[O-]. The summed E-state index contributed by atoms with van der Waals surface area (Å²) in [5.41, 5.74) is 0. The van der Waals surface area contributed by atoms with Crippen molar-refractivity contribution in [3.05, 3.63) is 20.8 Å². The molecule has 0 unspecified atom stereocenters. The van der Waals surface area contributed by atoms with Gasteiger partial charge in [-0.2, -0.15) is 0 Å². The largest absolute Gasteiger partial charge is 0.306 e. The normalized spacial score (nSPS) is 11.4. The summed E-state index contributed by atoms with van der Waals surface area (Å²) >= 11 is 2.70. The number of halogens is 1. The van der Waals surface area contributed by atoms with Gasteiger partial charge in [0.1, 0.15) is 0 Å². The van der Waals surface area contributed by atoms with Crippen LogP contribution < -0.4 is 0 Å². The zero-order chi connectivity index (χ0) is 5.86. The first-order valence-electron chi connectivity index (χ1n) is 1.64. The highest BCUT2D eigenvalue weighted by atomic mass is 79.9. The third-order valence-corrected chi connectivity index (χ3v) is 1.16. The Morgan fingerprint density at radius 3 is 2.43 bits per heavy atom. The number of nitro groups is 1. The van der Waals surface area contributed by atoms with Crippen LogP contribution in [0.3, 0.4) is 0 Å². The number of hydrogen-bond donors (Lipinski definition) is 0. The predicted molar refractivity (Wildman–Crippen MR) is 29.7 cm³/mol. The molecule has 0 aliphatic rings. The van der Waals surface area contributed by atoms with Gasteiger partial charge in [0, 0.05) is 15.9 Å². The molecule has 0 radical (unpaired) electrons. The van der Waals surface area contributed by atoms with Crippen LogP contribution in [0.4, 0.5) is 0 Å². The summed E-state index contributed by atoms with van der Waals surface area (Å²) < 4.78 is 0.00694. The van der Waals surface area contributed by atoms with Gasteiger partial charge in [0.2, 0.25) is 0 Å². The third kappa shape index (κ3) is 2.33. The summed E-state index contributed by atoms with van der Waals surface area (Å²) in [7, 11) is 0. The maximum atomic E-state index is 9.62. The fraction of sp³-hybridized carbons (Fsp3) is 0.333. The second-order valence-electron chi connectivity index (χ2n) is 0.869. The van der Waals surface area contributed by atoms with Gasteiger partial charge in [-0.1, -0.05) is 0 Å². The van der Waals surface area contributed by atoms with Crippen molar-refractivity contribution >= 4 is 15.9 Å². The first kappa shape index (κ1) is 6.62. The first-order valence-corrected chi connectivity index (χ1v) is 2.44. The summed E-state index contributed by atoms with van der Waals surface area (Å²) in [6, 6.07) is 0. The van der Waals surface area contributed by atoms with Gasteiger partial charge >= 0.3 is 4.61 Å². The van der Waals surface area contributed by atoms with E-state index in [2.05, 4.69) is 15.9 Å². The Morgan fingerprint density at radius 2 is 2.43 bits per heavy atom. The molecule has 0 spiro atoms. The van der Waals surface area contributed by atoms with Gasteiger partial charge < -0.3 is 0 Å². The molecule has 0 N–H and O–H groups in total. The molecule has 0 aromatic carbocycles. The van der Waals surface area contributed by atoms with Gasteiger partial charge in [-0.3, -0.25) is 10.1 Å². The molecule has 0 fully saturated rings. The van der Waals surface area contributed by atoms with E-state index in [1.165, 1.54) is 6.08 Å². The molecule has 0 bridgehead atoms. The molecule has 3 nitrogen and oxygen atoms in total. The quantitative estimate of drug-likeness (QED) is 0.336. The summed E-state index contributed by atoms with van der Waals surface area (Å²) in [4.78, 5) is 9.12. The lowest BCUT2D eigenvalue weighted by Gasteiger charge is -1.79. The highest BCUT2D eigenvalue weighted by molar-refractivity contribution is 9.11. The van der Waals surface area contributed by atoms with E-state index in [1.54, 1.807) is 6.92 Å². The van der Waals surface area contributed by atoms with Gasteiger partial charge in [-0.25, -0.2) is 0 Å². The van der Waals surface area contributed by atoms with Gasteiger partial charge in [0.05, 0.1) is 4.92 Å². The lowest BCUT2D eigenvalue weighted by molar-refractivity contribution is -0.409. The molecule has 0 aromatic rings. The topological polar surface area (TPSA) is 43.1 Å². The molecule has 0 aliphatic carbocycles. The van der Waals surface area contributed by atoms with Crippen LogP contribution in [0.25, 0.3) is 0 Å². The van der Waals surface area contributed by atoms with E-state index in [0.29, 0.717) is 0 Å². The van der Waals surface area contributed by atoms with E-state index in [1.807, 2.05) is 0 Å². The summed E-state index contributed by atoms with van der Waals surface area (Å²) in [6.45, 7) is 1.59. The van der Waals surface area contributed by atoms with Crippen molar-refractivity contribution < 1.29 is 4.92 Å². The summed E-state index contributed by atoms with van der Waals surface area (Å²) in [6.07, 6.45) is 1.38. The lowest BCUT2D eigenvalue weighted by Crippen LogP contribution is -1.87. The Kier molecular flexibility index (Phi) is 2.59. The highest BCUT2D eigenvalue weighted by Crippen LogP contribution is 2.02. The van der Waals surface area contributed by atoms with Gasteiger partial charge in [-0.15, -0.1) is 0 Å². The van der Waals surface area contributed by atoms with E-state index >= 15 is 0 Å². The number of hydrogen-bond acceptors (Lipinski definition) is 2. The van der Waals surface area contributed by atoms with Crippen LogP contribution >= 0.6 is 15.9 Å². The van der Waals surface area contributed by atoms with Crippen molar-refractivity contribution in [2.75, 3.05) is 0 Å². The monoisotopic (exact) mass is 165 g/mol. The van der Waals surface area contributed by atoms with Crippen LogP contribution in [0.15, 0.2) is 10.7 Å². The number of rotatable bonds is 1. The molecule has 0 heterocycles. The molecular weight excluding hydrogens is 162 g/mol. The van der Waals surface area contributed by atoms with E-state index in [-0.39, 0.29) is 4.61 Å². The Morgan fingerprint density at radius 1 is 2.00 bits per heavy atom. The average Bonchev–Trinajstić information content (AvgIpc) is 1.65. The van der Waals surface area contributed by atoms with E-state index in [4.69, 9.17) is 0 Å². The molecule has 0 aliphatic heterocycles. The van der Waals surface area contributed by atoms with E-state index < -0.39 is 4.92 Å². The van der Waals surface area contributed by atoms with Crippen molar-refractivity contribution in [2.24, 2.45) is 0 Å². The van der Waals surface area contributed by atoms with E-state index in [0.717, 1.165) is 0 Å². The summed E-state index contributed by atoms with van der Waals surface area (Å²) in [5.74, 6) is 0. The average molecular weight is 166 g/mol. The second kappa shape index (κ2) is 2.74. The zero-order valence-corrected chi connectivity index (χ0v) is 5.31. The van der Waals surface area contributed by atoms with Crippen molar-refractivity contribution in [1.82, 2.24) is 0 Å². The van der Waals surface area contributed by atoms with Crippen LogP contribution in [0.2, 0.25) is 0 Å². The molecule has 0 saturated carbocycles. The van der Waals surface area contributed by atoms with Crippen LogP contribution in [0.1, 0.15) is 6.92 Å². The third-order valence-electron chi connectivity index (χ3n) is 0.413. The fourth-order valence-electron chi connectivity index (χ4n) is 0.105. The molecule has 40 valence electrons. The minimum atomic E-state index is -0.500. The van der Waals surface area contributed by atoms with Gasteiger partial charge in [0.25, 0.3) is 0 Å². The minimum Gasteiger partial charge on any atom is -0.258 e. The summed E-state index contributed by atoms with van der Waals surface area (Å²) in [5, 5.41) is 9.62. The zero-order valence-electron chi connectivity index (χ0n) is 3.72. The second-order valence-corrected chi connectivity index (χ2v) is 1.68. The Labute approximate surface area is 49.3 Å². The molecule has 0 amide bonds. The maximum absolute atomic E-state index is 9.62. The number of nitrogens with zero attached hydrogens (tertiary/aromatic N) is 1. The smallest absolute Gasteiger partial charge is 0.258 e. The van der Waals surface area contributed by atoms with Gasteiger partial charge in [0.15, 0.2) is 0 Å². The molecule has 4 heteroatoms. The Balaban J connectivity index is 3.82. The molecule has 0 rings (SSSR count). The Bertz CT molecular complexity index is 110.